The first-order chi connectivity index (χ1) is 17.1. The zero-order valence-electron chi connectivity index (χ0n) is 18.7. The van der Waals surface area contributed by atoms with Crippen LogP contribution in [0.2, 0.25) is 0 Å². The molecule has 2 aromatic heterocycles. The van der Waals surface area contributed by atoms with Gasteiger partial charge in [-0.1, -0.05) is 47.6 Å². The van der Waals surface area contributed by atoms with E-state index in [0.29, 0.717) is 42.5 Å². The second kappa shape index (κ2) is 9.76. The normalized spacial score (nSPS) is 13.3. The first-order valence-corrected chi connectivity index (χ1v) is 11.1. The van der Waals surface area contributed by atoms with Crippen LogP contribution in [0.5, 0.6) is 0 Å². The topological polar surface area (TPSA) is 91.6 Å². The van der Waals surface area contributed by atoms with Crippen molar-refractivity contribution in [1.29, 1.82) is 0 Å². The van der Waals surface area contributed by atoms with E-state index in [9.17, 15) is 14.0 Å². The Labute approximate surface area is 201 Å². The molecule has 35 heavy (non-hydrogen) atoms. The summed E-state index contributed by atoms with van der Waals surface area (Å²) >= 11 is 0. The fourth-order valence-electron chi connectivity index (χ4n) is 3.87. The molecular formula is C26H22FN5O3. The van der Waals surface area contributed by atoms with Crippen LogP contribution in [0, 0.1) is 5.82 Å². The molecule has 4 aromatic rings. The second-order valence-electron chi connectivity index (χ2n) is 8.12. The largest absolute Gasteiger partial charge is 0.356 e. The van der Waals surface area contributed by atoms with Gasteiger partial charge in [-0.25, -0.2) is 14.2 Å². The quantitative estimate of drug-likeness (QED) is 0.435. The number of halogens is 1. The van der Waals surface area contributed by atoms with E-state index < -0.39 is 0 Å². The number of nitrogens with zero attached hydrogens (tertiary/aromatic N) is 4. The second-order valence-corrected chi connectivity index (χ2v) is 8.12. The SMILES string of the molecule is O=C(NCc1cc(-c2ccccc2)on1)c1ccnc(N2CCN(Cc3ccc(F)cc3)C2=O)c1. The molecule has 176 valence electrons. The number of hydrogen-bond donors (Lipinski definition) is 1. The third-order valence-electron chi connectivity index (χ3n) is 5.71. The lowest BCUT2D eigenvalue weighted by molar-refractivity contribution is 0.0950. The number of anilines is 1. The van der Waals surface area contributed by atoms with Crippen molar-refractivity contribution in [2.24, 2.45) is 0 Å². The van der Waals surface area contributed by atoms with Crippen molar-refractivity contribution >= 4 is 17.8 Å². The van der Waals surface area contributed by atoms with Gasteiger partial charge in [0, 0.05) is 43.0 Å². The Hall–Kier alpha value is -4.53. The smallest absolute Gasteiger partial charge is 0.326 e. The van der Waals surface area contributed by atoms with E-state index >= 15 is 0 Å². The van der Waals surface area contributed by atoms with E-state index in [1.807, 2.05) is 30.3 Å². The molecule has 1 fully saturated rings. The molecule has 9 heteroatoms. The zero-order valence-corrected chi connectivity index (χ0v) is 18.7. The molecular weight excluding hydrogens is 449 g/mol. The molecule has 1 aliphatic heterocycles. The number of nitrogens with one attached hydrogen (secondary N) is 1. The fraction of sp³-hybridized carbons (Fsp3) is 0.154. The van der Waals surface area contributed by atoms with E-state index in [4.69, 9.17) is 4.52 Å². The van der Waals surface area contributed by atoms with Gasteiger partial charge in [0.25, 0.3) is 5.91 Å². The molecule has 3 heterocycles. The summed E-state index contributed by atoms with van der Waals surface area (Å²) in [7, 11) is 0. The Bertz CT molecular complexity index is 1340. The Morgan fingerprint density at radius 1 is 1.03 bits per heavy atom. The minimum Gasteiger partial charge on any atom is -0.356 e. The maximum absolute atomic E-state index is 13.1. The minimum absolute atomic E-state index is 0.195. The highest BCUT2D eigenvalue weighted by atomic mass is 19.1. The molecule has 2 aromatic carbocycles. The van der Waals surface area contributed by atoms with Gasteiger partial charge in [0.2, 0.25) is 0 Å². The van der Waals surface area contributed by atoms with E-state index in [1.165, 1.54) is 23.2 Å². The lowest BCUT2D eigenvalue weighted by Crippen LogP contribution is -2.32. The van der Waals surface area contributed by atoms with Crippen LogP contribution in [0.4, 0.5) is 15.0 Å². The summed E-state index contributed by atoms with van der Waals surface area (Å²) in [6.45, 7) is 1.52. The monoisotopic (exact) mass is 471 g/mol. The van der Waals surface area contributed by atoms with Gasteiger partial charge in [0.1, 0.15) is 17.3 Å². The van der Waals surface area contributed by atoms with Gasteiger partial charge in [0.05, 0.1) is 6.54 Å². The van der Waals surface area contributed by atoms with Gasteiger partial charge in [-0.15, -0.1) is 0 Å². The zero-order chi connectivity index (χ0) is 24.2. The number of amides is 3. The Morgan fingerprint density at radius 2 is 1.83 bits per heavy atom. The average Bonchev–Trinajstić information content (AvgIpc) is 3.51. The molecule has 3 amide bonds. The van der Waals surface area contributed by atoms with E-state index in [0.717, 1.165) is 11.1 Å². The van der Waals surface area contributed by atoms with Gasteiger partial charge in [-0.3, -0.25) is 9.69 Å². The van der Waals surface area contributed by atoms with Crippen LogP contribution < -0.4 is 10.2 Å². The van der Waals surface area contributed by atoms with Gasteiger partial charge in [-0.05, 0) is 29.8 Å². The number of urea groups is 1. The molecule has 0 saturated carbocycles. The number of rotatable bonds is 7. The van der Waals surface area contributed by atoms with Crippen LogP contribution in [-0.4, -0.2) is 40.1 Å². The lowest BCUT2D eigenvalue weighted by Gasteiger charge is -2.18. The number of aromatic nitrogens is 2. The number of hydrogen-bond acceptors (Lipinski definition) is 5. The molecule has 8 nitrogen and oxygen atoms in total. The molecule has 1 N–H and O–H groups in total. The van der Waals surface area contributed by atoms with E-state index in [1.54, 1.807) is 35.2 Å². The molecule has 0 unspecified atom stereocenters. The summed E-state index contributed by atoms with van der Waals surface area (Å²) < 4.78 is 18.5. The molecule has 1 saturated heterocycles. The van der Waals surface area contributed by atoms with Crippen molar-refractivity contribution in [2.75, 3.05) is 18.0 Å². The fourth-order valence-corrected chi connectivity index (χ4v) is 3.87. The van der Waals surface area contributed by atoms with Crippen molar-refractivity contribution in [2.45, 2.75) is 13.1 Å². The van der Waals surface area contributed by atoms with Gasteiger partial charge >= 0.3 is 6.03 Å². The number of benzene rings is 2. The van der Waals surface area contributed by atoms with E-state index in [2.05, 4.69) is 15.5 Å². The molecule has 1 aliphatic rings. The maximum Gasteiger partial charge on any atom is 0.326 e. The summed E-state index contributed by atoms with van der Waals surface area (Å²) in [6.07, 6.45) is 1.50. The lowest BCUT2D eigenvalue weighted by atomic mass is 10.1. The van der Waals surface area contributed by atoms with Crippen LogP contribution in [0.3, 0.4) is 0 Å². The summed E-state index contributed by atoms with van der Waals surface area (Å²) in [5.41, 5.74) is 2.72. The maximum atomic E-state index is 13.1. The predicted octanol–water partition coefficient (Wildman–Crippen LogP) is 4.25. The summed E-state index contributed by atoms with van der Waals surface area (Å²) in [6, 6.07) is 20.4. The molecule has 0 atom stereocenters. The molecule has 0 bridgehead atoms. The highest BCUT2D eigenvalue weighted by Gasteiger charge is 2.30. The first-order valence-electron chi connectivity index (χ1n) is 11.1. The molecule has 5 rings (SSSR count). The number of pyridine rings is 1. The van der Waals surface area contributed by atoms with Crippen molar-refractivity contribution < 1.29 is 18.5 Å². The highest BCUT2D eigenvalue weighted by molar-refractivity contribution is 5.97. The summed E-state index contributed by atoms with van der Waals surface area (Å²) in [5.74, 6) is 0.395. The molecule has 0 radical (unpaired) electrons. The van der Waals surface area contributed by atoms with Crippen molar-refractivity contribution in [1.82, 2.24) is 20.4 Å². The van der Waals surface area contributed by atoms with Gasteiger partial charge < -0.3 is 14.7 Å². The summed E-state index contributed by atoms with van der Waals surface area (Å²) in [5, 5.41) is 6.84. The Kier molecular flexibility index (Phi) is 6.21. The Morgan fingerprint density at radius 3 is 2.63 bits per heavy atom. The summed E-state index contributed by atoms with van der Waals surface area (Å²) in [4.78, 5) is 33.1. The van der Waals surface area contributed by atoms with Crippen LogP contribution >= 0.6 is 0 Å². The van der Waals surface area contributed by atoms with Crippen molar-refractivity contribution in [3.05, 3.63) is 102 Å². The van der Waals surface area contributed by atoms with Crippen LogP contribution in [-0.2, 0) is 13.1 Å². The van der Waals surface area contributed by atoms with Crippen LogP contribution in [0.1, 0.15) is 21.6 Å². The third kappa shape index (κ3) is 5.03. The van der Waals surface area contributed by atoms with Crippen LogP contribution in [0.15, 0.2) is 83.5 Å². The van der Waals surface area contributed by atoms with Crippen molar-refractivity contribution in [3.8, 4) is 11.3 Å². The van der Waals surface area contributed by atoms with Crippen molar-refractivity contribution in [3.63, 3.8) is 0 Å². The van der Waals surface area contributed by atoms with Gasteiger partial charge in [0.15, 0.2) is 5.76 Å². The number of carbonyl (C=O) groups is 2. The standard InChI is InChI=1S/C26H22FN5O3/c27-21-8-6-18(7-9-21)17-31-12-13-32(26(31)34)24-14-20(10-11-28-24)25(33)29-16-22-15-23(35-30-22)19-4-2-1-3-5-19/h1-11,14-15H,12-13,16-17H2,(H,29,33). The highest BCUT2D eigenvalue weighted by Crippen LogP contribution is 2.22. The third-order valence-corrected chi connectivity index (χ3v) is 5.71. The first kappa shape index (κ1) is 22.3. The minimum atomic E-state index is -0.317. The number of carbonyl (C=O) groups excluding carboxylic acids is 2. The van der Waals surface area contributed by atoms with E-state index in [-0.39, 0.29) is 24.3 Å². The average molecular weight is 471 g/mol. The molecule has 0 aliphatic carbocycles. The predicted molar refractivity (Wildman–Crippen MR) is 127 cm³/mol. The van der Waals surface area contributed by atoms with Gasteiger partial charge in [-0.2, -0.15) is 0 Å². The molecule has 0 spiro atoms. The van der Waals surface area contributed by atoms with Crippen LogP contribution in [0.25, 0.3) is 11.3 Å². The Balaban J connectivity index is 1.21.